The third-order valence-corrected chi connectivity index (χ3v) is 5.07. The number of hydrogen-bond donors (Lipinski definition) is 1. The number of hydrogen-bond acceptors (Lipinski definition) is 3. The molecule has 0 aliphatic heterocycles. The third-order valence-electron chi connectivity index (χ3n) is 4.82. The molecule has 1 atom stereocenters. The fraction of sp³-hybridized carbons (Fsp3) is 0.208. The highest BCUT2D eigenvalue weighted by molar-refractivity contribution is 6.30. The van der Waals surface area contributed by atoms with E-state index < -0.39 is 6.04 Å². The smallest absolute Gasteiger partial charge is 0.242 e. The molecule has 2 amide bonds. The van der Waals surface area contributed by atoms with Crippen molar-refractivity contribution in [3.8, 4) is 0 Å². The van der Waals surface area contributed by atoms with Gasteiger partial charge in [0, 0.05) is 30.5 Å². The molecule has 0 saturated heterocycles. The van der Waals surface area contributed by atoms with E-state index in [1.165, 1.54) is 0 Å². The van der Waals surface area contributed by atoms with Crippen molar-refractivity contribution in [2.75, 3.05) is 0 Å². The highest BCUT2D eigenvalue weighted by Gasteiger charge is 2.26. The zero-order valence-electron chi connectivity index (χ0n) is 16.8. The lowest BCUT2D eigenvalue weighted by Crippen LogP contribution is -2.48. The van der Waals surface area contributed by atoms with Crippen molar-refractivity contribution in [3.05, 3.63) is 101 Å². The summed E-state index contributed by atoms with van der Waals surface area (Å²) in [6, 6.07) is 19.9. The lowest BCUT2D eigenvalue weighted by molar-refractivity contribution is -0.140. The summed E-state index contributed by atoms with van der Waals surface area (Å²) < 4.78 is 0. The standard InChI is InChI=1S/C24H24ClN3O2/c1-18(24(30)27-16-21-8-5-13-26-15-21)28(17-20-9-11-22(25)12-10-20)23(29)14-19-6-3-2-4-7-19/h2-13,15,18H,14,16-17H2,1H3,(H,27,30). The van der Waals surface area contributed by atoms with E-state index in [1.54, 1.807) is 36.4 Å². The number of benzene rings is 2. The Hall–Kier alpha value is -3.18. The molecule has 0 spiro atoms. The summed E-state index contributed by atoms with van der Waals surface area (Å²) in [7, 11) is 0. The number of rotatable bonds is 8. The second kappa shape index (κ2) is 10.6. The molecule has 1 unspecified atom stereocenters. The van der Waals surface area contributed by atoms with Gasteiger partial charge in [-0.1, -0.05) is 60.1 Å². The molecule has 3 rings (SSSR count). The van der Waals surface area contributed by atoms with Crippen LogP contribution >= 0.6 is 11.6 Å². The van der Waals surface area contributed by atoms with Gasteiger partial charge in [0.1, 0.15) is 6.04 Å². The third kappa shape index (κ3) is 6.16. The van der Waals surface area contributed by atoms with Gasteiger partial charge < -0.3 is 10.2 Å². The molecule has 1 N–H and O–H groups in total. The van der Waals surface area contributed by atoms with Crippen LogP contribution in [0.5, 0.6) is 0 Å². The molecule has 0 saturated carbocycles. The molecule has 1 heterocycles. The van der Waals surface area contributed by atoms with Crippen LogP contribution in [0.25, 0.3) is 0 Å². The minimum Gasteiger partial charge on any atom is -0.350 e. The first kappa shape index (κ1) is 21.5. The molecule has 1 aromatic heterocycles. The Morgan fingerprint density at radius 3 is 2.33 bits per heavy atom. The van der Waals surface area contributed by atoms with Gasteiger partial charge in [-0.25, -0.2) is 0 Å². The topological polar surface area (TPSA) is 62.3 Å². The number of amides is 2. The number of halogens is 1. The summed E-state index contributed by atoms with van der Waals surface area (Å²) >= 11 is 5.98. The van der Waals surface area contributed by atoms with Crippen molar-refractivity contribution in [1.29, 1.82) is 0 Å². The number of aromatic nitrogens is 1. The number of pyridine rings is 1. The normalized spacial score (nSPS) is 11.5. The maximum Gasteiger partial charge on any atom is 0.242 e. The van der Waals surface area contributed by atoms with E-state index in [-0.39, 0.29) is 18.2 Å². The molecule has 0 fully saturated rings. The molecule has 0 aliphatic rings. The van der Waals surface area contributed by atoms with Crippen LogP contribution in [0.15, 0.2) is 79.1 Å². The van der Waals surface area contributed by atoms with Gasteiger partial charge in [-0.05, 0) is 41.8 Å². The van der Waals surface area contributed by atoms with Gasteiger partial charge in [-0.3, -0.25) is 14.6 Å². The van der Waals surface area contributed by atoms with Gasteiger partial charge in [0.25, 0.3) is 0 Å². The summed E-state index contributed by atoms with van der Waals surface area (Å²) in [5, 5.41) is 3.53. The van der Waals surface area contributed by atoms with Gasteiger partial charge in [-0.2, -0.15) is 0 Å². The molecule has 0 aliphatic carbocycles. The lowest BCUT2D eigenvalue weighted by Gasteiger charge is -2.29. The Morgan fingerprint density at radius 1 is 0.967 bits per heavy atom. The Balaban J connectivity index is 1.73. The number of carbonyl (C=O) groups is 2. The Labute approximate surface area is 181 Å². The van der Waals surface area contributed by atoms with Gasteiger partial charge in [-0.15, -0.1) is 0 Å². The van der Waals surface area contributed by atoms with E-state index in [9.17, 15) is 9.59 Å². The molecule has 5 nitrogen and oxygen atoms in total. The molecular formula is C24H24ClN3O2. The first-order valence-corrected chi connectivity index (χ1v) is 10.1. The zero-order chi connectivity index (χ0) is 21.3. The second-order valence-corrected chi connectivity index (χ2v) is 7.50. The van der Waals surface area contributed by atoms with Crippen LogP contribution in [0.2, 0.25) is 5.02 Å². The van der Waals surface area contributed by atoms with Crippen LogP contribution in [-0.4, -0.2) is 27.7 Å². The van der Waals surface area contributed by atoms with Crippen molar-refractivity contribution in [2.24, 2.45) is 0 Å². The van der Waals surface area contributed by atoms with E-state index in [0.29, 0.717) is 18.1 Å². The minimum atomic E-state index is -0.631. The van der Waals surface area contributed by atoms with Crippen LogP contribution in [0.3, 0.4) is 0 Å². The van der Waals surface area contributed by atoms with Crippen molar-refractivity contribution in [3.63, 3.8) is 0 Å². The highest BCUT2D eigenvalue weighted by Crippen LogP contribution is 2.15. The summed E-state index contributed by atoms with van der Waals surface area (Å²) in [5.41, 5.74) is 2.72. The number of nitrogens with zero attached hydrogens (tertiary/aromatic N) is 2. The SMILES string of the molecule is CC(C(=O)NCc1cccnc1)N(Cc1ccc(Cl)cc1)C(=O)Cc1ccccc1. The van der Waals surface area contributed by atoms with E-state index in [2.05, 4.69) is 10.3 Å². The first-order chi connectivity index (χ1) is 14.5. The number of carbonyl (C=O) groups excluding carboxylic acids is 2. The van der Waals surface area contributed by atoms with Crippen LogP contribution in [-0.2, 0) is 29.1 Å². The number of nitrogens with one attached hydrogen (secondary N) is 1. The molecule has 6 heteroatoms. The van der Waals surface area contributed by atoms with Gasteiger partial charge in [0.05, 0.1) is 6.42 Å². The average Bonchev–Trinajstić information content (AvgIpc) is 2.78. The van der Waals surface area contributed by atoms with E-state index in [1.807, 2.05) is 54.6 Å². The van der Waals surface area contributed by atoms with Crippen LogP contribution < -0.4 is 5.32 Å². The van der Waals surface area contributed by atoms with E-state index in [4.69, 9.17) is 11.6 Å². The Kier molecular flexibility index (Phi) is 7.57. The van der Waals surface area contributed by atoms with Crippen molar-refractivity contribution in [1.82, 2.24) is 15.2 Å². The molecule has 30 heavy (non-hydrogen) atoms. The predicted molar refractivity (Wildman–Crippen MR) is 118 cm³/mol. The maximum absolute atomic E-state index is 13.1. The fourth-order valence-corrected chi connectivity index (χ4v) is 3.21. The molecule has 3 aromatic rings. The highest BCUT2D eigenvalue weighted by atomic mass is 35.5. The van der Waals surface area contributed by atoms with Gasteiger partial charge >= 0.3 is 0 Å². The molecule has 2 aromatic carbocycles. The van der Waals surface area contributed by atoms with Crippen LogP contribution in [0, 0.1) is 0 Å². The summed E-state index contributed by atoms with van der Waals surface area (Å²) in [4.78, 5) is 31.6. The quantitative estimate of drug-likeness (QED) is 0.597. The van der Waals surface area contributed by atoms with Crippen LogP contribution in [0.1, 0.15) is 23.6 Å². The average molecular weight is 422 g/mol. The Morgan fingerprint density at radius 2 is 1.67 bits per heavy atom. The van der Waals surface area contributed by atoms with Gasteiger partial charge in [0.2, 0.25) is 11.8 Å². The Bertz CT molecular complexity index is 963. The molecule has 154 valence electrons. The van der Waals surface area contributed by atoms with E-state index >= 15 is 0 Å². The van der Waals surface area contributed by atoms with Crippen molar-refractivity contribution >= 4 is 23.4 Å². The zero-order valence-corrected chi connectivity index (χ0v) is 17.5. The van der Waals surface area contributed by atoms with Crippen molar-refractivity contribution < 1.29 is 9.59 Å². The summed E-state index contributed by atoms with van der Waals surface area (Å²) in [5.74, 6) is -0.325. The second-order valence-electron chi connectivity index (χ2n) is 7.07. The monoisotopic (exact) mass is 421 g/mol. The molecule has 0 radical (unpaired) electrons. The minimum absolute atomic E-state index is 0.111. The maximum atomic E-state index is 13.1. The first-order valence-electron chi connectivity index (χ1n) is 9.77. The molecular weight excluding hydrogens is 398 g/mol. The largest absolute Gasteiger partial charge is 0.350 e. The van der Waals surface area contributed by atoms with E-state index in [0.717, 1.165) is 16.7 Å². The lowest BCUT2D eigenvalue weighted by atomic mass is 10.1. The van der Waals surface area contributed by atoms with Gasteiger partial charge in [0.15, 0.2) is 0 Å². The van der Waals surface area contributed by atoms with Crippen LogP contribution in [0.4, 0.5) is 0 Å². The predicted octanol–water partition coefficient (Wildman–Crippen LogP) is 4.01. The summed E-state index contributed by atoms with van der Waals surface area (Å²) in [6.45, 7) is 2.43. The molecule has 0 bridgehead atoms. The van der Waals surface area contributed by atoms with Crippen molar-refractivity contribution in [2.45, 2.75) is 32.5 Å². The fourth-order valence-electron chi connectivity index (χ4n) is 3.08. The summed E-state index contributed by atoms with van der Waals surface area (Å²) in [6.07, 6.45) is 3.62.